The molecule has 0 bridgehead atoms. The van der Waals surface area contributed by atoms with Crippen LogP contribution in [-0.2, 0) is 28.5 Å². The van der Waals surface area contributed by atoms with Crippen molar-refractivity contribution in [2.24, 2.45) is 5.92 Å². The summed E-state index contributed by atoms with van der Waals surface area (Å²) in [5.41, 5.74) is 4.98. The van der Waals surface area contributed by atoms with Crippen molar-refractivity contribution < 1.29 is 33.6 Å². The Balaban J connectivity index is 1.45. The molecule has 4 rings (SSSR count). The second kappa shape index (κ2) is 12.3. The van der Waals surface area contributed by atoms with Crippen LogP contribution in [0.1, 0.15) is 64.7 Å². The number of aliphatic hydroxyl groups is 1. The predicted molar refractivity (Wildman–Crippen MR) is 137 cm³/mol. The number of nitrogens with zero attached hydrogens (tertiary/aromatic N) is 4. The maximum absolute atomic E-state index is 12.5. The maximum Gasteiger partial charge on any atom is 0.323 e. The Morgan fingerprint density at radius 2 is 2.00 bits per heavy atom. The molecule has 212 valence electrons. The third kappa shape index (κ3) is 6.14. The molecule has 5 atom stereocenters. The van der Waals surface area contributed by atoms with E-state index in [9.17, 15) is 20.0 Å². The maximum atomic E-state index is 12.5. The molecule has 1 saturated heterocycles. The smallest absolute Gasteiger partial charge is 0.323 e. The number of aliphatic hydroxyl groups excluding tert-OH is 1. The number of fused-ring (bicyclic) bond motifs is 1. The normalized spacial score (nSPS) is 26.4. The molecule has 2 aromatic heterocycles. The van der Waals surface area contributed by atoms with Crippen LogP contribution in [0.25, 0.3) is 5.52 Å². The zero-order valence-electron chi connectivity index (χ0n) is 22.4. The molecule has 1 aliphatic heterocycles. The van der Waals surface area contributed by atoms with Crippen molar-refractivity contribution in [3.8, 4) is 6.07 Å². The lowest BCUT2D eigenvalue weighted by Crippen LogP contribution is -2.48. The quantitative estimate of drug-likeness (QED) is 0.222. The number of hydrogen-bond acceptors (Lipinski definition) is 12. The van der Waals surface area contributed by atoms with Crippen LogP contribution in [0.15, 0.2) is 18.5 Å². The number of carbonyl (C=O) groups is 2. The number of esters is 2. The third-order valence-electron chi connectivity index (χ3n) is 7.14. The number of anilines is 1. The highest BCUT2D eigenvalue weighted by molar-refractivity contribution is 5.75. The number of nitriles is 1. The molecule has 13 heteroatoms. The first-order valence-corrected chi connectivity index (χ1v) is 13.2. The summed E-state index contributed by atoms with van der Waals surface area (Å²) in [4.78, 5) is 28.9. The number of nitrogens with one attached hydrogen (secondary N) is 1. The Morgan fingerprint density at radius 3 is 2.69 bits per heavy atom. The first-order valence-electron chi connectivity index (χ1n) is 13.2. The molecular formula is C26H36N6O7. The van der Waals surface area contributed by atoms with Crippen LogP contribution in [-0.4, -0.2) is 74.9 Å². The number of carbonyl (C=O) groups excluding carboxylic acids is 2. The van der Waals surface area contributed by atoms with Crippen LogP contribution < -0.4 is 11.1 Å². The largest absolute Gasteiger partial charge is 0.461 e. The summed E-state index contributed by atoms with van der Waals surface area (Å²) in [7, 11) is 0. The fraction of sp³-hybridized carbons (Fsp3) is 0.654. The van der Waals surface area contributed by atoms with Crippen molar-refractivity contribution in [1.82, 2.24) is 19.9 Å². The summed E-state index contributed by atoms with van der Waals surface area (Å²) in [6.07, 6.45) is 2.37. The van der Waals surface area contributed by atoms with Gasteiger partial charge in [0, 0.05) is 0 Å². The van der Waals surface area contributed by atoms with Gasteiger partial charge in [-0.25, -0.2) is 9.50 Å². The molecule has 1 saturated carbocycles. The summed E-state index contributed by atoms with van der Waals surface area (Å²) in [5, 5.41) is 28.5. The lowest BCUT2D eigenvalue weighted by molar-refractivity contribution is -0.159. The highest BCUT2D eigenvalue weighted by atomic mass is 16.6. The molecule has 0 unspecified atom stereocenters. The Morgan fingerprint density at radius 1 is 1.26 bits per heavy atom. The van der Waals surface area contributed by atoms with Crippen LogP contribution in [0.4, 0.5) is 5.82 Å². The van der Waals surface area contributed by atoms with E-state index in [-0.39, 0.29) is 31.2 Å². The fourth-order valence-electron chi connectivity index (χ4n) is 4.77. The highest BCUT2D eigenvalue weighted by Gasteiger charge is 2.58. The van der Waals surface area contributed by atoms with Crippen molar-refractivity contribution >= 4 is 23.3 Å². The van der Waals surface area contributed by atoms with Gasteiger partial charge in [-0.3, -0.25) is 14.9 Å². The first kappa shape index (κ1) is 28.7. The zero-order chi connectivity index (χ0) is 28.2. The summed E-state index contributed by atoms with van der Waals surface area (Å²) >= 11 is 0. The third-order valence-corrected chi connectivity index (χ3v) is 7.14. The topological polar surface area (TPSA) is 183 Å². The van der Waals surface area contributed by atoms with Gasteiger partial charge in [0.1, 0.15) is 42.3 Å². The summed E-state index contributed by atoms with van der Waals surface area (Å²) in [6, 6.07) is 4.69. The molecule has 1 aliphatic carbocycles. The van der Waals surface area contributed by atoms with Crippen LogP contribution in [0.5, 0.6) is 0 Å². The minimum Gasteiger partial charge on any atom is -0.461 e. The molecule has 2 aromatic rings. The minimum absolute atomic E-state index is 0.0616. The monoisotopic (exact) mass is 544 g/mol. The van der Waals surface area contributed by atoms with E-state index in [1.165, 1.54) is 10.8 Å². The molecule has 0 amide bonds. The number of ether oxygens (including phenoxy) is 4. The Hall–Kier alpha value is -3.31. The molecular weight excluding hydrogens is 508 g/mol. The van der Waals surface area contributed by atoms with Gasteiger partial charge >= 0.3 is 11.9 Å². The van der Waals surface area contributed by atoms with Gasteiger partial charge in [-0.1, -0.05) is 20.3 Å². The van der Waals surface area contributed by atoms with Gasteiger partial charge in [0.2, 0.25) is 5.60 Å². The summed E-state index contributed by atoms with van der Waals surface area (Å²) < 4.78 is 24.4. The van der Waals surface area contributed by atoms with Crippen molar-refractivity contribution in [2.45, 2.75) is 88.9 Å². The van der Waals surface area contributed by atoms with E-state index in [1.807, 2.05) is 6.07 Å². The van der Waals surface area contributed by atoms with E-state index in [0.29, 0.717) is 11.2 Å². The van der Waals surface area contributed by atoms with E-state index in [2.05, 4.69) is 15.4 Å². The van der Waals surface area contributed by atoms with Crippen molar-refractivity contribution in [1.29, 1.82) is 5.26 Å². The number of nitrogens with two attached hydrogens (primary N) is 1. The standard InChI is InChI=1S/C26H36N6O7/c1-15(2)24(34)38-21-20(18-9-10-19-23(28)29-13-31-32(18)19)39-26(11-27,22(21)33)12-36-14-30-16(3)25(35)37-17-7-5-4-6-8-17/h9-10,13,15-17,20-22,30,33H,4-8,12,14H2,1-3H3,(H2,28,29,31)/t16-,20-,21-,22-,26+/m0/s1. The number of rotatable bonds is 10. The lowest BCUT2D eigenvalue weighted by Gasteiger charge is -2.26. The first-order chi connectivity index (χ1) is 18.7. The van der Waals surface area contributed by atoms with Crippen molar-refractivity contribution in [3.63, 3.8) is 0 Å². The fourth-order valence-corrected chi connectivity index (χ4v) is 4.77. The zero-order valence-corrected chi connectivity index (χ0v) is 22.4. The Labute approximate surface area is 226 Å². The molecule has 2 aliphatic rings. The van der Waals surface area contributed by atoms with Gasteiger partial charge in [-0.05, 0) is 44.7 Å². The summed E-state index contributed by atoms with van der Waals surface area (Å²) in [5.74, 6) is -1.20. The molecule has 2 fully saturated rings. The number of aromatic nitrogens is 3. The molecule has 39 heavy (non-hydrogen) atoms. The van der Waals surface area contributed by atoms with Gasteiger partial charge in [-0.15, -0.1) is 0 Å². The van der Waals surface area contributed by atoms with Gasteiger partial charge < -0.3 is 29.8 Å². The molecule has 3 heterocycles. The molecule has 0 aromatic carbocycles. The van der Waals surface area contributed by atoms with Crippen LogP contribution in [0, 0.1) is 17.2 Å². The van der Waals surface area contributed by atoms with Crippen LogP contribution in [0.2, 0.25) is 0 Å². The van der Waals surface area contributed by atoms with E-state index < -0.39 is 41.8 Å². The van der Waals surface area contributed by atoms with Gasteiger partial charge in [-0.2, -0.15) is 10.4 Å². The van der Waals surface area contributed by atoms with E-state index in [1.54, 1.807) is 32.9 Å². The highest BCUT2D eigenvalue weighted by Crippen LogP contribution is 2.42. The van der Waals surface area contributed by atoms with Crippen molar-refractivity contribution in [2.75, 3.05) is 19.1 Å². The van der Waals surface area contributed by atoms with Crippen LogP contribution >= 0.6 is 0 Å². The summed E-state index contributed by atoms with van der Waals surface area (Å²) in [6.45, 7) is 4.51. The minimum atomic E-state index is -1.87. The van der Waals surface area contributed by atoms with E-state index in [4.69, 9.17) is 24.7 Å². The molecule has 0 spiro atoms. The van der Waals surface area contributed by atoms with E-state index in [0.717, 1.165) is 32.1 Å². The SMILES string of the molecule is CC(C)C(=O)O[C@H]1[C@H](c2ccc3c(N)ncnn23)O[C@](C#N)(COCN[C@@H](C)C(=O)OC2CCCCC2)[C@H]1O. The van der Waals surface area contributed by atoms with E-state index >= 15 is 0 Å². The van der Waals surface area contributed by atoms with Crippen LogP contribution in [0.3, 0.4) is 0 Å². The number of hydrogen-bond donors (Lipinski definition) is 3. The van der Waals surface area contributed by atoms with Gasteiger partial charge in [0.25, 0.3) is 0 Å². The van der Waals surface area contributed by atoms with Gasteiger partial charge in [0.05, 0.1) is 24.9 Å². The molecule has 0 radical (unpaired) electrons. The second-order valence-corrected chi connectivity index (χ2v) is 10.4. The molecule has 13 nitrogen and oxygen atoms in total. The average molecular weight is 545 g/mol. The average Bonchev–Trinajstić information content (AvgIpc) is 3.47. The molecule has 4 N–H and O–H groups in total. The Bertz CT molecular complexity index is 1210. The van der Waals surface area contributed by atoms with Gasteiger partial charge in [0.15, 0.2) is 11.9 Å². The number of nitrogen functional groups attached to an aromatic ring is 1. The predicted octanol–water partition coefficient (Wildman–Crippen LogP) is 1.40. The lowest BCUT2D eigenvalue weighted by atomic mass is 9.96. The van der Waals surface area contributed by atoms with Crippen molar-refractivity contribution in [3.05, 3.63) is 24.2 Å². The second-order valence-electron chi connectivity index (χ2n) is 10.4. The Kier molecular flexibility index (Phi) is 9.01.